The summed E-state index contributed by atoms with van der Waals surface area (Å²) in [5.41, 5.74) is 0.771. The molecule has 0 unspecified atom stereocenters. The van der Waals surface area contributed by atoms with Gasteiger partial charge in [0.2, 0.25) is 11.7 Å². The summed E-state index contributed by atoms with van der Waals surface area (Å²) in [6.07, 6.45) is 12.0. The molecule has 0 aliphatic carbocycles. The van der Waals surface area contributed by atoms with E-state index in [2.05, 4.69) is 5.32 Å². The molecule has 182 valence electrons. The molecule has 1 aromatic carbocycles. The maximum absolute atomic E-state index is 12.0. The van der Waals surface area contributed by atoms with Gasteiger partial charge < -0.3 is 19.5 Å². The van der Waals surface area contributed by atoms with Gasteiger partial charge >= 0.3 is 0 Å². The minimum atomic E-state index is -3.82. The molecule has 9 heteroatoms. The van der Waals surface area contributed by atoms with E-state index in [1.54, 1.807) is 39.5 Å². The topological polar surface area (TPSA) is 111 Å². The molecule has 0 aliphatic rings. The monoisotopic (exact) mass is 471 g/mol. The summed E-state index contributed by atoms with van der Waals surface area (Å²) in [5, 5.41) is 2.89. The third-order valence-electron chi connectivity index (χ3n) is 4.99. The summed E-state index contributed by atoms with van der Waals surface area (Å²) < 4.78 is 45.8. The van der Waals surface area contributed by atoms with Gasteiger partial charge in [-0.1, -0.05) is 44.9 Å². The molecule has 0 aliphatic heterocycles. The van der Waals surface area contributed by atoms with Gasteiger partial charge in [0, 0.05) is 12.6 Å². The Morgan fingerprint density at radius 3 is 1.84 bits per heavy atom. The summed E-state index contributed by atoms with van der Waals surface area (Å²) in [6.45, 7) is 0.633. The predicted octanol–water partition coefficient (Wildman–Crippen LogP) is 4.24. The second kappa shape index (κ2) is 15.5. The highest BCUT2D eigenvalue weighted by Gasteiger charge is 2.12. The fraction of sp³-hybridized carbons (Fsp3) is 0.609. The average Bonchev–Trinajstić information content (AvgIpc) is 2.76. The van der Waals surface area contributed by atoms with Crippen LogP contribution in [0.1, 0.15) is 63.4 Å². The van der Waals surface area contributed by atoms with E-state index in [0.29, 0.717) is 30.2 Å². The van der Waals surface area contributed by atoms with E-state index in [-0.39, 0.29) is 11.7 Å². The average molecular weight is 472 g/mol. The van der Waals surface area contributed by atoms with Crippen molar-refractivity contribution < 1.29 is 32.0 Å². The minimum absolute atomic E-state index is 0.142. The number of amides is 1. The normalized spacial score (nSPS) is 11.5. The van der Waals surface area contributed by atoms with Crippen molar-refractivity contribution >= 4 is 22.1 Å². The van der Waals surface area contributed by atoms with Gasteiger partial charge in [0.05, 0.1) is 27.1 Å². The van der Waals surface area contributed by atoms with Crippen LogP contribution in [-0.2, 0) is 14.9 Å². The van der Waals surface area contributed by atoms with Crippen LogP contribution >= 0.6 is 0 Å². The lowest BCUT2D eigenvalue weighted by Gasteiger charge is -2.12. The first-order chi connectivity index (χ1) is 15.3. The lowest BCUT2D eigenvalue weighted by molar-refractivity contribution is -0.116. The van der Waals surface area contributed by atoms with Gasteiger partial charge in [0.1, 0.15) is 0 Å². The third kappa shape index (κ3) is 12.0. The first-order valence-electron chi connectivity index (χ1n) is 11.0. The maximum Gasteiger partial charge on any atom is 0.264 e. The standard InChI is InChI=1S/C23H37NO7S/c1-29-20-17-19(18-21(30-2)23(20)31-3)13-14-22(25)24-15-11-9-7-5-4-6-8-10-12-16-32(26,27)28/h13-14,17-18H,4-12,15-16H2,1-3H3,(H,24,25)(H,26,27,28). The summed E-state index contributed by atoms with van der Waals surface area (Å²) in [5.74, 6) is 1.28. The number of hydrogen-bond donors (Lipinski definition) is 2. The second-order valence-corrected chi connectivity index (χ2v) is 9.12. The molecule has 0 aromatic heterocycles. The van der Waals surface area contributed by atoms with E-state index in [1.807, 2.05) is 0 Å². The molecule has 2 N–H and O–H groups in total. The molecule has 0 atom stereocenters. The van der Waals surface area contributed by atoms with Gasteiger partial charge in [-0.05, 0) is 36.6 Å². The zero-order chi connectivity index (χ0) is 23.8. The van der Waals surface area contributed by atoms with Crippen molar-refractivity contribution in [3.63, 3.8) is 0 Å². The first kappa shape index (κ1) is 27.8. The van der Waals surface area contributed by atoms with E-state index in [4.69, 9.17) is 18.8 Å². The summed E-state index contributed by atoms with van der Waals surface area (Å²) in [6, 6.07) is 3.55. The fourth-order valence-electron chi connectivity index (χ4n) is 3.29. The Morgan fingerprint density at radius 2 is 1.38 bits per heavy atom. The molecule has 1 aromatic rings. The number of methoxy groups -OCH3 is 3. The van der Waals surface area contributed by atoms with Crippen LogP contribution in [0.4, 0.5) is 0 Å². The summed E-state index contributed by atoms with van der Waals surface area (Å²) in [7, 11) is 0.820. The quantitative estimate of drug-likeness (QED) is 0.199. The Kier molecular flexibility index (Phi) is 13.5. The number of nitrogens with one attached hydrogen (secondary N) is 1. The third-order valence-corrected chi connectivity index (χ3v) is 5.80. The number of carbonyl (C=O) groups excluding carboxylic acids is 1. The van der Waals surface area contributed by atoms with Crippen molar-refractivity contribution in [3.8, 4) is 17.2 Å². The van der Waals surface area contributed by atoms with Gasteiger partial charge in [-0.25, -0.2) is 0 Å². The van der Waals surface area contributed by atoms with Crippen LogP contribution in [0.15, 0.2) is 18.2 Å². The summed E-state index contributed by atoms with van der Waals surface area (Å²) in [4.78, 5) is 12.0. The van der Waals surface area contributed by atoms with Gasteiger partial charge in [-0.15, -0.1) is 0 Å². The van der Waals surface area contributed by atoms with Crippen molar-refractivity contribution in [2.75, 3.05) is 33.6 Å². The molecule has 8 nitrogen and oxygen atoms in total. The number of benzene rings is 1. The van der Waals surface area contributed by atoms with E-state index in [0.717, 1.165) is 56.9 Å². The molecule has 0 radical (unpaired) electrons. The highest BCUT2D eigenvalue weighted by atomic mass is 32.2. The van der Waals surface area contributed by atoms with Crippen molar-refractivity contribution in [1.29, 1.82) is 0 Å². The smallest absolute Gasteiger partial charge is 0.264 e. The van der Waals surface area contributed by atoms with Crippen LogP contribution in [-0.4, -0.2) is 52.5 Å². The number of hydrogen-bond acceptors (Lipinski definition) is 6. The van der Waals surface area contributed by atoms with Crippen molar-refractivity contribution in [3.05, 3.63) is 23.8 Å². The second-order valence-electron chi connectivity index (χ2n) is 7.55. The van der Waals surface area contributed by atoms with E-state index in [1.165, 1.54) is 6.08 Å². The Morgan fingerprint density at radius 1 is 0.875 bits per heavy atom. The van der Waals surface area contributed by atoms with Crippen LogP contribution in [0.3, 0.4) is 0 Å². The van der Waals surface area contributed by atoms with Gasteiger partial charge in [-0.2, -0.15) is 8.42 Å². The zero-order valence-corrected chi connectivity index (χ0v) is 20.2. The molecular weight excluding hydrogens is 434 g/mol. The molecule has 0 saturated heterocycles. The Hall–Kier alpha value is -2.26. The van der Waals surface area contributed by atoms with E-state index < -0.39 is 10.1 Å². The Bertz CT molecular complexity index is 797. The minimum Gasteiger partial charge on any atom is -0.493 e. The zero-order valence-electron chi connectivity index (χ0n) is 19.4. The van der Waals surface area contributed by atoms with Crippen LogP contribution in [0.2, 0.25) is 0 Å². The van der Waals surface area contributed by atoms with Crippen molar-refractivity contribution in [2.24, 2.45) is 0 Å². The molecule has 1 rings (SSSR count). The number of carbonyl (C=O) groups is 1. The molecule has 0 fully saturated rings. The fourth-order valence-corrected chi connectivity index (χ4v) is 3.86. The highest BCUT2D eigenvalue weighted by molar-refractivity contribution is 7.85. The van der Waals surface area contributed by atoms with E-state index >= 15 is 0 Å². The summed E-state index contributed by atoms with van der Waals surface area (Å²) >= 11 is 0. The lowest BCUT2D eigenvalue weighted by Crippen LogP contribution is -2.21. The van der Waals surface area contributed by atoms with Crippen LogP contribution in [0.25, 0.3) is 6.08 Å². The molecule has 0 heterocycles. The molecule has 0 saturated carbocycles. The van der Waals surface area contributed by atoms with Crippen LogP contribution in [0, 0.1) is 0 Å². The predicted molar refractivity (Wildman–Crippen MR) is 126 cm³/mol. The van der Waals surface area contributed by atoms with Gasteiger partial charge in [0.15, 0.2) is 11.5 Å². The Balaban J connectivity index is 2.17. The highest BCUT2D eigenvalue weighted by Crippen LogP contribution is 2.38. The number of unbranched alkanes of at least 4 members (excludes halogenated alkanes) is 8. The maximum atomic E-state index is 12.0. The first-order valence-corrected chi connectivity index (χ1v) is 12.6. The SMILES string of the molecule is COc1cc(C=CC(=O)NCCCCCCCCCCCS(=O)(=O)O)cc(OC)c1OC. The van der Waals surface area contributed by atoms with Gasteiger partial charge in [0.25, 0.3) is 10.1 Å². The van der Waals surface area contributed by atoms with E-state index in [9.17, 15) is 13.2 Å². The largest absolute Gasteiger partial charge is 0.493 e. The van der Waals surface area contributed by atoms with Crippen LogP contribution < -0.4 is 19.5 Å². The number of rotatable bonds is 17. The van der Waals surface area contributed by atoms with Crippen molar-refractivity contribution in [1.82, 2.24) is 5.32 Å². The van der Waals surface area contributed by atoms with Gasteiger partial charge in [-0.3, -0.25) is 9.35 Å². The Labute approximate surface area is 192 Å². The molecule has 0 spiro atoms. The lowest BCUT2D eigenvalue weighted by atomic mass is 10.1. The molecule has 32 heavy (non-hydrogen) atoms. The molecule has 0 bridgehead atoms. The van der Waals surface area contributed by atoms with Crippen molar-refractivity contribution in [2.45, 2.75) is 57.8 Å². The molecular formula is C23H37NO7S. The molecule has 1 amide bonds. The van der Waals surface area contributed by atoms with Crippen LogP contribution in [0.5, 0.6) is 17.2 Å². The number of ether oxygens (including phenoxy) is 3.